The lowest BCUT2D eigenvalue weighted by molar-refractivity contribution is 0.0325. The highest BCUT2D eigenvalue weighted by molar-refractivity contribution is 5.38. The maximum atomic E-state index is 10.2. The third-order valence-corrected chi connectivity index (χ3v) is 9.44. The second-order valence-electron chi connectivity index (χ2n) is 10.8. The molecule has 0 aromatic heterocycles. The molecule has 0 radical (unpaired) electrons. The van der Waals surface area contributed by atoms with Crippen molar-refractivity contribution in [3.05, 3.63) is 23.3 Å². The molecule has 0 aromatic carbocycles. The van der Waals surface area contributed by atoms with Gasteiger partial charge in [0.1, 0.15) is 0 Å². The van der Waals surface area contributed by atoms with E-state index in [4.69, 9.17) is 0 Å². The first-order valence-electron chi connectivity index (χ1n) is 11.9. The molecular weight excluding hydrogens is 340 g/mol. The number of rotatable bonds is 4. The van der Waals surface area contributed by atoms with Crippen molar-refractivity contribution in [1.29, 1.82) is 0 Å². The van der Waals surface area contributed by atoms with Crippen molar-refractivity contribution in [1.82, 2.24) is 0 Å². The smallest absolute Gasteiger partial charge is 0.0578 e. The summed E-state index contributed by atoms with van der Waals surface area (Å²) >= 11 is 0. The van der Waals surface area contributed by atoms with Crippen molar-refractivity contribution in [2.45, 2.75) is 98.0 Å². The van der Waals surface area contributed by atoms with Crippen LogP contribution in [0, 0.1) is 46.3 Å². The summed E-state index contributed by atoms with van der Waals surface area (Å²) < 4.78 is 0. The van der Waals surface area contributed by atoms with Crippen molar-refractivity contribution >= 4 is 0 Å². The highest BCUT2D eigenvalue weighted by Gasteiger charge is 2.56. The van der Waals surface area contributed by atoms with Gasteiger partial charge in [0.25, 0.3) is 0 Å². The van der Waals surface area contributed by atoms with E-state index >= 15 is 0 Å². The highest BCUT2D eigenvalue weighted by atomic mass is 16.3. The first kappa shape index (κ1) is 20.3. The Bertz CT molecular complexity index is 718. The standard InChI is InChI=1S/C27H40O/c1-5-6-7-8-9-19(2)23-12-13-24-22-11-10-20-18-21(28)14-16-26(20,3)25(22)15-17-27(23,24)4/h10-11,19,21,23-25,28H,7-9,12-18H2,1-4H3. The van der Waals surface area contributed by atoms with E-state index in [-0.39, 0.29) is 6.10 Å². The van der Waals surface area contributed by atoms with Crippen molar-refractivity contribution in [2.24, 2.45) is 34.5 Å². The molecule has 4 aliphatic carbocycles. The molecule has 28 heavy (non-hydrogen) atoms. The molecule has 4 rings (SSSR count). The van der Waals surface area contributed by atoms with E-state index in [0.29, 0.717) is 10.8 Å². The van der Waals surface area contributed by atoms with Crippen LogP contribution in [0.4, 0.5) is 0 Å². The van der Waals surface area contributed by atoms with Crippen LogP contribution in [-0.2, 0) is 0 Å². The summed E-state index contributed by atoms with van der Waals surface area (Å²) in [5, 5.41) is 10.2. The first-order valence-corrected chi connectivity index (χ1v) is 11.9. The molecule has 3 fully saturated rings. The van der Waals surface area contributed by atoms with Gasteiger partial charge < -0.3 is 5.11 Å². The molecule has 0 aliphatic heterocycles. The topological polar surface area (TPSA) is 20.2 Å². The van der Waals surface area contributed by atoms with Gasteiger partial charge in [0.05, 0.1) is 6.10 Å². The van der Waals surface area contributed by atoms with Crippen LogP contribution in [0.15, 0.2) is 23.3 Å². The van der Waals surface area contributed by atoms with E-state index in [9.17, 15) is 5.11 Å². The van der Waals surface area contributed by atoms with E-state index in [1.165, 1.54) is 50.5 Å². The summed E-state index contributed by atoms with van der Waals surface area (Å²) in [4.78, 5) is 0. The predicted octanol–water partition coefficient (Wildman–Crippen LogP) is 6.68. The lowest BCUT2D eigenvalue weighted by Crippen LogP contribution is -2.46. The summed E-state index contributed by atoms with van der Waals surface area (Å²) in [6, 6.07) is 0. The van der Waals surface area contributed by atoms with Crippen LogP contribution in [0.3, 0.4) is 0 Å². The molecule has 7 atom stereocenters. The van der Waals surface area contributed by atoms with Gasteiger partial charge in [-0.05, 0) is 99.2 Å². The number of aliphatic hydroxyl groups excluding tert-OH is 1. The molecule has 4 aliphatic rings. The summed E-state index contributed by atoms with van der Waals surface area (Å²) in [6.07, 6.45) is 17.1. The average Bonchev–Trinajstić information content (AvgIpc) is 3.03. The van der Waals surface area contributed by atoms with Crippen LogP contribution in [-0.4, -0.2) is 11.2 Å². The van der Waals surface area contributed by atoms with E-state index in [1.54, 1.807) is 5.57 Å². The van der Waals surface area contributed by atoms with Gasteiger partial charge >= 0.3 is 0 Å². The second-order valence-corrected chi connectivity index (χ2v) is 10.8. The van der Waals surface area contributed by atoms with Crippen molar-refractivity contribution in [3.63, 3.8) is 0 Å². The summed E-state index contributed by atoms with van der Waals surface area (Å²) in [7, 11) is 0. The van der Waals surface area contributed by atoms with Crippen LogP contribution in [0.25, 0.3) is 0 Å². The molecule has 0 amide bonds. The minimum atomic E-state index is -0.114. The van der Waals surface area contributed by atoms with Crippen LogP contribution in [0.1, 0.15) is 91.9 Å². The fourth-order valence-corrected chi connectivity index (χ4v) is 7.80. The Kier molecular flexibility index (Phi) is 5.56. The van der Waals surface area contributed by atoms with Gasteiger partial charge in [-0.25, -0.2) is 0 Å². The van der Waals surface area contributed by atoms with Gasteiger partial charge in [-0.2, -0.15) is 0 Å². The Balaban J connectivity index is 1.53. The molecule has 7 unspecified atom stereocenters. The third kappa shape index (κ3) is 3.21. The Morgan fingerprint density at radius 3 is 2.71 bits per heavy atom. The third-order valence-electron chi connectivity index (χ3n) is 9.44. The summed E-state index contributed by atoms with van der Waals surface area (Å²) in [5.41, 5.74) is 4.12. The molecule has 0 aromatic rings. The predicted molar refractivity (Wildman–Crippen MR) is 118 cm³/mol. The maximum absolute atomic E-state index is 10.2. The number of hydrogen-bond acceptors (Lipinski definition) is 1. The van der Waals surface area contributed by atoms with Crippen LogP contribution in [0.5, 0.6) is 0 Å². The molecule has 154 valence electrons. The molecule has 0 heterocycles. The fourth-order valence-electron chi connectivity index (χ4n) is 7.80. The zero-order valence-electron chi connectivity index (χ0n) is 18.6. The normalized spacial score (nSPS) is 42.9. The zero-order chi connectivity index (χ0) is 19.9. The van der Waals surface area contributed by atoms with Gasteiger partial charge in [-0.1, -0.05) is 44.1 Å². The largest absolute Gasteiger partial charge is 0.393 e. The van der Waals surface area contributed by atoms with E-state index < -0.39 is 0 Å². The van der Waals surface area contributed by atoms with E-state index in [1.807, 2.05) is 6.92 Å². The van der Waals surface area contributed by atoms with Gasteiger partial charge in [-0.15, -0.1) is 11.8 Å². The van der Waals surface area contributed by atoms with E-state index in [0.717, 1.165) is 42.9 Å². The molecule has 1 nitrogen and oxygen atoms in total. The lowest BCUT2D eigenvalue weighted by Gasteiger charge is -2.55. The Labute approximate surface area is 173 Å². The number of hydrogen-bond donors (Lipinski definition) is 1. The van der Waals surface area contributed by atoms with Crippen LogP contribution in [0.2, 0.25) is 0 Å². The molecule has 1 heteroatoms. The highest BCUT2D eigenvalue weighted by Crippen LogP contribution is 2.66. The first-order chi connectivity index (χ1) is 13.4. The molecule has 0 bridgehead atoms. The van der Waals surface area contributed by atoms with Crippen molar-refractivity contribution in [3.8, 4) is 11.8 Å². The van der Waals surface area contributed by atoms with Gasteiger partial charge in [0.15, 0.2) is 0 Å². The summed E-state index contributed by atoms with van der Waals surface area (Å²) in [6.45, 7) is 9.60. The quantitative estimate of drug-likeness (QED) is 0.426. The number of unbranched alkanes of at least 4 members (excludes halogenated alkanes) is 1. The number of allylic oxidation sites excluding steroid dienone is 3. The van der Waals surface area contributed by atoms with E-state index in [2.05, 4.69) is 44.8 Å². The SMILES string of the molecule is CC#CCCCC(C)C1CCC2C3=CC=C4CC(O)CCC4(C)C3CCC21C. The minimum Gasteiger partial charge on any atom is -0.393 e. The Morgan fingerprint density at radius 2 is 1.93 bits per heavy atom. The van der Waals surface area contributed by atoms with Crippen molar-refractivity contribution in [2.75, 3.05) is 0 Å². The molecule has 0 saturated heterocycles. The molecule has 1 N–H and O–H groups in total. The van der Waals surface area contributed by atoms with Crippen molar-refractivity contribution < 1.29 is 5.11 Å². The summed E-state index contributed by atoms with van der Waals surface area (Å²) in [5.74, 6) is 9.50. The lowest BCUT2D eigenvalue weighted by atomic mass is 9.50. The number of fused-ring (bicyclic) bond motifs is 5. The molecular formula is C27H40O. The van der Waals surface area contributed by atoms with Gasteiger partial charge in [0, 0.05) is 6.42 Å². The molecule has 3 saturated carbocycles. The molecule has 0 spiro atoms. The monoisotopic (exact) mass is 380 g/mol. The Hall–Kier alpha value is -1.00. The zero-order valence-corrected chi connectivity index (χ0v) is 18.6. The number of aliphatic hydroxyl groups is 1. The maximum Gasteiger partial charge on any atom is 0.0578 e. The van der Waals surface area contributed by atoms with Crippen LogP contribution < -0.4 is 0 Å². The van der Waals surface area contributed by atoms with Gasteiger partial charge in [0.2, 0.25) is 0 Å². The van der Waals surface area contributed by atoms with Crippen LogP contribution >= 0.6 is 0 Å². The second kappa shape index (κ2) is 7.68. The van der Waals surface area contributed by atoms with Gasteiger partial charge in [-0.3, -0.25) is 0 Å². The minimum absolute atomic E-state index is 0.114. The fraction of sp³-hybridized carbons (Fsp3) is 0.778. The Morgan fingerprint density at radius 1 is 1.11 bits per heavy atom. The average molecular weight is 381 g/mol.